The first-order valence-corrected chi connectivity index (χ1v) is 6.70. The fraction of sp³-hybridized carbons (Fsp3) is 0.111. The monoisotopic (exact) mass is 263 g/mol. The Bertz CT molecular complexity index is 738. The summed E-state index contributed by atoms with van der Waals surface area (Å²) in [5, 5.41) is 10.1. The molecule has 20 heavy (non-hydrogen) atoms. The van der Waals surface area contributed by atoms with Gasteiger partial charge >= 0.3 is 0 Å². The molecule has 3 aromatic rings. The fourth-order valence-corrected chi connectivity index (χ4v) is 2.46. The van der Waals surface area contributed by atoms with E-state index in [4.69, 9.17) is 0 Å². The summed E-state index contributed by atoms with van der Waals surface area (Å²) in [5.41, 5.74) is 5.38. The predicted molar refractivity (Wildman–Crippen MR) is 82.3 cm³/mol. The van der Waals surface area contributed by atoms with Crippen molar-refractivity contribution in [2.24, 2.45) is 0 Å². The summed E-state index contributed by atoms with van der Waals surface area (Å²) >= 11 is 0. The van der Waals surface area contributed by atoms with E-state index in [1.807, 2.05) is 25.1 Å². The Hall–Kier alpha value is -2.48. The van der Waals surface area contributed by atoms with Gasteiger partial charge in [0.2, 0.25) is 0 Å². The maximum absolute atomic E-state index is 10.1. The van der Waals surface area contributed by atoms with Crippen LogP contribution in [0.2, 0.25) is 0 Å². The minimum atomic E-state index is 0.292. The average molecular weight is 263 g/mol. The number of rotatable bonds is 2. The molecule has 0 amide bonds. The van der Waals surface area contributed by atoms with Crippen LogP contribution in [-0.4, -0.2) is 9.67 Å². The molecule has 0 spiro atoms. The van der Waals surface area contributed by atoms with Crippen molar-refractivity contribution in [3.05, 3.63) is 71.9 Å². The lowest BCUT2D eigenvalue weighted by molar-refractivity contribution is 0.472. The summed E-state index contributed by atoms with van der Waals surface area (Å²) in [5.74, 6) is 0.292. The van der Waals surface area contributed by atoms with Crippen LogP contribution in [0.15, 0.2) is 60.7 Å². The van der Waals surface area contributed by atoms with Crippen molar-refractivity contribution in [2.75, 3.05) is 0 Å². The van der Waals surface area contributed by atoms with E-state index in [-0.39, 0.29) is 0 Å². The largest absolute Gasteiger partial charge is 0.506 e. The van der Waals surface area contributed by atoms with Gasteiger partial charge in [-0.3, -0.25) is 0 Å². The Morgan fingerprint density at radius 1 is 0.800 bits per heavy atom. The summed E-state index contributed by atoms with van der Waals surface area (Å²) in [7, 11) is 0. The van der Waals surface area contributed by atoms with Crippen molar-refractivity contribution >= 4 is 0 Å². The number of hydrogen-bond donors (Lipinski definition) is 1. The van der Waals surface area contributed by atoms with Crippen LogP contribution in [-0.2, 0) is 0 Å². The quantitative estimate of drug-likeness (QED) is 0.725. The molecule has 2 aromatic carbocycles. The molecular weight excluding hydrogens is 246 g/mol. The highest BCUT2D eigenvalue weighted by Gasteiger charge is 2.11. The lowest BCUT2D eigenvalue weighted by atomic mass is 10.1. The predicted octanol–water partition coefficient (Wildman–Crippen LogP) is 4.47. The van der Waals surface area contributed by atoms with E-state index in [0.717, 1.165) is 22.6 Å². The summed E-state index contributed by atoms with van der Waals surface area (Å²) in [6.07, 6.45) is 0. The van der Waals surface area contributed by atoms with Crippen molar-refractivity contribution in [2.45, 2.75) is 13.8 Å². The first kappa shape index (κ1) is 12.5. The third-order valence-electron chi connectivity index (χ3n) is 3.55. The van der Waals surface area contributed by atoms with Crippen LogP contribution in [0.3, 0.4) is 0 Å². The van der Waals surface area contributed by atoms with Crippen LogP contribution in [0.5, 0.6) is 5.75 Å². The zero-order chi connectivity index (χ0) is 14.1. The normalized spacial score (nSPS) is 10.7. The molecule has 1 heterocycles. The molecule has 0 saturated heterocycles. The molecule has 1 aromatic heterocycles. The topological polar surface area (TPSA) is 25.2 Å². The molecule has 0 radical (unpaired) electrons. The first-order chi connectivity index (χ1) is 9.66. The molecule has 0 aliphatic carbocycles. The van der Waals surface area contributed by atoms with Gasteiger partial charge in [-0.2, -0.15) is 0 Å². The number of aromatic hydroxyl groups is 1. The molecule has 2 nitrogen and oxygen atoms in total. The number of hydrogen-bond acceptors (Lipinski definition) is 1. The van der Waals surface area contributed by atoms with E-state index < -0.39 is 0 Å². The Kier molecular flexibility index (Phi) is 3.07. The van der Waals surface area contributed by atoms with Gasteiger partial charge in [-0.25, -0.2) is 0 Å². The van der Waals surface area contributed by atoms with Crippen molar-refractivity contribution < 1.29 is 5.11 Å². The second kappa shape index (κ2) is 4.89. The SMILES string of the molecule is Cc1ccc(-c2ccc(C)n2-c2ccccc2O)cc1. The number of para-hydroxylation sites is 2. The zero-order valence-corrected chi connectivity index (χ0v) is 11.7. The summed E-state index contributed by atoms with van der Waals surface area (Å²) in [4.78, 5) is 0. The third-order valence-corrected chi connectivity index (χ3v) is 3.55. The highest BCUT2D eigenvalue weighted by Crippen LogP contribution is 2.30. The molecule has 0 fully saturated rings. The summed E-state index contributed by atoms with van der Waals surface area (Å²) < 4.78 is 2.08. The molecule has 3 rings (SSSR count). The average Bonchev–Trinajstić information content (AvgIpc) is 2.82. The van der Waals surface area contributed by atoms with E-state index in [1.165, 1.54) is 5.56 Å². The van der Waals surface area contributed by atoms with Gasteiger partial charge in [-0.1, -0.05) is 42.0 Å². The minimum absolute atomic E-state index is 0.292. The van der Waals surface area contributed by atoms with Crippen LogP contribution in [0, 0.1) is 13.8 Å². The van der Waals surface area contributed by atoms with Crippen molar-refractivity contribution in [1.29, 1.82) is 0 Å². The van der Waals surface area contributed by atoms with E-state index in [9.17, 15) is 5.11 Å². The number of benzene rings is 2. The third kappa shape index (κ3) is 2.10. The van der Waals surface area contributed by atoms with Gasteiger partial charge < -0.3 is 9.67 Å². The van der Waals surface area contributed by atoms with E-state index in [2.05, 4.69) is 47.9 Å². The maximum Gasteiger partial charge on any atom is 0.139 e. The van der Waals surface area contributed by atoms with Gasteiger partial charge in [0.15, 0.2) is 0 Å². The molecule has 1 N–H and O–H groups in total. The minimum Gasteiger partial charge on any atom is -0.506 e. The number of phenolic OH excluding ortho intramolecular Hbond substituents is 1. The van der Waals surface area contributed by atoms with E-state index in [0.29, 0.717) is 5.75 Å². The molecule has 0 aliphatic heterocycles. The molecule has 0 bridgehead atoms. The number of aromatic nitrogens is 1. The smallest absolute Gasteiger partial charge is 0.139 e. The second-order valence-corrected chi connectivity index (χ2v) is 5.05. The van der Waals surface area contributed by atoms with E-state index >= 15 is 0 Å². The molecule has 0 unspecified atom stereocenters. The first-order valence-electron chi connectivity index (χ1n) is 6.70. The Morgan fingerprint density at radius 3 is 2.20 bits per heavy atom. The fourth-order valence-electron chi connectivity index (χ4n) is 2.46. The van der Waals surface area contributed by atoms with Crippen LogP contribution in [0.1, 0.15) is 11.3 Å². The standard InChI is InChI=1S/C18H17NO/c1-13-7-10-15(11-8-13)16-12-9-14(2)19(16)17-5-3-4-6-18(17)20/h3-12,20H,1-2H3. The van der Waals surface area contributed by atoms with Crippen LogP contribution >= 0.6 is 0 Å². The van der Waals surface area contributed by atoms with Gasteiger partial charge in [0.1, 0.15) is 5.75 Å². The van der Waals surface area contributed by atoms with Crippen molar-refractivity contribution in [1.82, 2.24) is 4.57 Å². The summed E-state index contributed by atoms with van der Waals surface area (Å²) in [6.45, 7) is 4.13. The molecule has 0 saturated carbocycles. The highest BCUT2D eigenvalue weighted by molar-refractivity contribution is 5.66. The number of aryl methyl sites for hydroxylation is 2. The number of nitrogens with zero attached hydrogens (tertiary/aromatic N) is 1. The molecular formula is C18H17NO. The Balaban J connectivity index is 2.20. The van der Waals surface area contributed by atoms with Gasteiger partial charge in [0, 0.05) is 5.69 Å². The van der Waals surface area contributed by atoms with Gasteiger partial charge in [0.05, 0.1) is 11.4 Å². The van der Waals surface area contributed by atoms with Crippen LogP contribution < -0.4 is 0 Å². The van der Waals surface area contributed by atoms with Gasteiger partial charge in [-0.15, -0.1) is 0 Å². The van der Waals surface area contributed by atoms with Gasteiger partial charge in [-0.05, 0) is 43.7 Å². The molecule has 0 atom stereocenters. The summed E-state index contributed by atoms with van der Waals surface area (Å²) in [6, 6.07) is 20.0. The number of phenols is 1. The lowest BCUT2D eigenvalue weighted by Crippen LogP contribution is -1.99. The van der Waals surface area contributed by atoms with Crippen LogP contribution in [0.25, 0.3) is 16.9 Å². The van der Waals surface area contributed by atoms with E-state index in [1.54, 1.807) is 6.07 Å². The highest BCUT2D eigenvalue weighted by atomic mass is 16.3. The zero-order valence-electron chi connectivity index (χ0n) is 11.7. The Morgan fingerprint density at radius 2 is 1.50 bits per heavy atom. The lowest BCUT2D eigenvalue weighted by Gasteiger charge is -2.13. The molecule has 2 heteroatoms. The Labute approximate surface area is 118 Å². The maximum atomic E-state index is 10.1. The molecule has 0 aliphatic rings. The second-order valence-electron chi connectivity index (χ2n) is 5.05. The molecule has 100 valence electrons. The van der Waals surface area contributed by atoms with Gasteiger partial charge in [0.25, 0.3) is 0 Å². The van der Waals surface area contributed by atoms with Crippen molar-refractivity contribution in [3.63, 3.8) is 0 Å². The van der Waals surface area contributed by atoms with Crippen LogP contribution in [0.4, 0.5) is 0 Å². The van der Waals surface area contributed by atoms with Crippen molar-refractivity contribution in [3.8, 4) is 22.7 Å².